The van der Waals surface area contributed by atoms with Gasteiger partial charge < -0.3 is 40.2 Å². The van der Waals surface area contributed by atoms with Crippen LogP contribution in [0.4, 0.5) is 18.0 Å². The number of H-pyrrole nitrogens is 1. The summed E-state index contributed by atoms with van der Waals surface area (Å²) >= 11 is 0. The number of phenols is 1. The van der Waals surface area contributed by atoms with E-state index in [1.165, 1.54) is 30.3 Å². The van der Waals surface area contributed by atoms with Crippen LogP contribution in [0.25, 0.3) is 10.9 Å². The van der Waals surface area contributed by atoms with Gasteiger partial charge in [0.2, 0.25) is 5.56 Å². The number of fused-ring (bicyclic) bond motifs is 4. The summed E-state index contributed by atoms with van der Waals surface area (Å²) in [6.45, 7) is 3.89. The van der Waals surface area contributed by atoms with Crippen molar-refractivity contribution in [3.63, 3.8) is 0 Å². The molecule has 3 saturated heterocycles. The molecule has 1 aromatic heterocycles. The molecule has 3 atom stereocenters. The molecule has 3 aliphatic heterocycles. The Kier molecular flexibility index (Phi) is 14.4. The summed E-state index contributed by atoms with van der Waals surface area (Å²) in [5.41, 5.74) is 2.98. The van der Waals surface area contributed by atoms with Crippen molar-refractivity contribution >= 4 is 22.9 Å². The first-order chi connectivity index (χ1) is 31.9. The second-order valence-corrected chi connectivity index (χ2v) is 16.9. The van der Waals surface area contributed by atoms with E-state index in [4.69, 9.17) is 9.47 Å². The summed E-state index contributed by atoms with van der Waals surface area (Å²) in [7, 11) is 0. The Morgan fingerprint density at radius 2 is 1.59 bits per heavy atom. The van der Waals surface area contributed by atoms with Crippen LogP contribution in [-0.4, -0.2) is 82.4 Å². The highest BCUT2D eigenvalue weighted by Crippen LogP contribution is 2.32. The highest BCUT2D eigenvalue weighted by atomic mass is 19.4. The van der Waals surface area contributed by atoms with Crippen molar-refractivity contribution in [2.24, 2.45) is 5.92 Å². The van der Waals surface area contributed by atoms with E-state index >= 15 is 0 Å². The van der Waals surface area contributed by atoms with Gasteiger partial charge in [-0.2, -0.15) is 13.2 Å². The number of nitrogens with zero attached hydrogens (tertiary/aromatic N) is 2. The lowest BCUT2D eigenvalue weighted by atomic mass is 9.86. The van der Waals surface area contributed by atoms with Gasteiger partial charge in [-0.05, 0) is 121 Å². The molecule has 0 aliphatic carbocycles. The molecule has 344 valence electrons. The fourth-order valence-corrected chi connectivity index (χ4v) is 8.78. The Morgan fingerprint density at radius 3 is 2.30 bits per heavy atom. The van der Waals surface area contributed by atoms with E-state index in [2.05, 4.69) is 20.5 Å². The van der Waals surface area contributed by atoms with Gasteiger partial charge in [0.1, 0.15) is 24.2 Å². The number of carbonyl (C=O) groups is 2. The summed E-state index contributed by atoms with van der Waals surface area (Å²) < 4.78 is 52.2. The number of nitrogens with one attached hydrogen (secondary N) is 3. The lowest BCUT2D eigenvalue weighted by Gasteiger charge is -2.43. The molecule has 3 aliphatic rings. The number of hydrogen-bond donors (Lipinski definition) is 5. The number of carbonyl (C=O) groups excluding carboxylic acids is 2. The summed E-state index contributed by atoms with van der Waals surface area (Å²) in [5, 5.41) is 28.0. The van der Waals surface area contributed by atoms with Gasteiger partial charge in [0.25, 0.3) is 5.91 Å². The van der Waals surface area contributed by atoms with Gasteiger partial charge in [-0.15, -0.1) is 0 Å². The number of hydrogen-bond acceptors (Lipinski definition) is 9. The van der Waals surface area contributed by atoms with Crippen LogP contribution in [0.3, 0.4) is 0 Å². The van der Waals surface area contributed by atoms with E-state index in [-0.39, 0.29) is 55.1 Å². The summed E-state index contributed by atoms with van der Waals surface area (Å²) in [4.78, 5) is 45.6. The van der Waals surface area contributed by atoms with E-state index in [1.54, 1.807) is 35.2 Å². The van der Waals surface area contributed by atoms with E-state index in [1.807, 2.05) is 54.6 Å². The van der Waals surface area contributed by atoms with Gasteiger partial charge in [-0.1, -0.05) is 72.8 Å². The molecule has 5 N–H and O–H groups in total. The van der Waals surface area contributed by atoms with E-state index in [0.29, 0.717) is 46.7 Å². The summed E-state index contributed by atoms with van der Waals surface area (Å²) in [6, 6.07) is 34.3. The van der Waals surface area contributed by atoms with Gasteiger partial charge in [-0.3, -0.25) is 14.5 Å². The lowest BCUT2D eigenvalue weighted by Crippen LogP contribution is -2.52. The monoisotopic (exact) mass is 903 g/mol. The van der Waals surface area contributed by atoms with Crippen LogP contribution in [0.5, 0.6) is 11.5 Å². The number of piperidine rings is 3. The quantitative estimate of drug-likeness (QED) is 0.0571. The third kappa shape index (κ3) is 11.4. The molecule has 66 heavy (non-hydrogen) atoms. The number of aromatic hydroxyl groups is 1. The maximum Gasteiger partial charge on any atom is 0.416 e. The number of aromatic amines is 1. The van der Waals surface area contributed by atoms with E-state index < -0.39 is 30.0 Å². The second kappa shape index (κ2) is 20.7. The number of pyridine rings is 1. The Balaban J connectivity index is 0.895. The predicted octanol–water partition coefficient (Wildman–Crippen LogP) is 8.10. The zero-order valence-electron chi connectivity index (χ0n) is 36.2. The lowest BCUT2D eigenvalue weighted by molar-refractivity contribution is -0.137. The van der Waals surface area contributed by atoms with Crippen molar-refractivity contribution < 1.29 is 42.4 Å². The van der Waals surface area contributed by atoms with Crippen molar-refractivity contribution in [1.29, 1.82) is 0 Å². The minimum Gasteiger partial charge on any atom is -0.506 e. The summed E-state index contributed by atoms with van der Waals surface area (Å²) in [5.74, 6) is 0.532. The maximum absolute atomic E-state index is 14.0. The zero-order valence-corrected chi connectivity index (χ0v) is 36.2. The number of halogens is 3. The fraction of sp³-hybridized carbons (Fsp3) is 0.314. The van der Waals surface area contributed by atoms with Crippen molar-refractivity contribution in [3.05, 3.63) is 177 Å². The topological polar surface area (TPSA) is 156 Å². The molecule has 6 aromatic rings. The van der Waals surface area contributed by atoms with Crippen molar-refractivity contribution in [1.82, 2.24) is 25.4 Å². The third-order valence-electron chi connectivity index (χ3n) is 12.4. The first kappa shape index (κ1) is 45.9. The number of aliphatic hydroxyl groups is 1. The number of alkyl halides is 3. The number of aliphatic hydroxyl groups excluding tert-OH is 1. The molecule has 0 spiro atoms. The zero-order chi connectivity index (χ0) is 46.2. The van der Waals surface area contributed by atoms with Crippen LogP contribution >= 0.6 is 0 Å². The Hall–Kier alpha value is -6.68. The smallest absolute Gasteiger partial charge is 0.416 e. The van der Waals surface area contributed by atoms with Crippen LogP contribution in [-0.2, 0) is 24.1 Å². The molecule has 12 nitrogen and oxygen atoms in total. The minimum atomic E-state index is -4.49. The third-order valence-corrected chi connectivity index (χ3v) is 12.4. The van der Waals surface area contributed by atoms with Gasteiger partial charge in [0.15, 0.2) is 0 Å². The van der Waals surface area contributed by atoms with Crippen LogP contribution in [0.15, 0.2) is 132 Å². The molecule has 1 unspecified atom stereocenters. The van der Waals surface area contributed by atoms with Crippen LogP contribution in [0.2, 0.25) is 0 Å². The number of benzene rings is 5. The number of phenolic OH excluding ortho intramolecular Hbond substituents is 1. The molecular weight excluding hydrogens is 852 g/mol. The Morgan fingerprint density at radius 1 is 0.864 bits per heavy atom. The van der Waals surface area contributed by atoms with E-state index in [0.717, 1.165) is 61.3 Å². The normalized spacial score (nSPS) is 17.8. The fourth-order valence-electron chi connectivity index (χ4n) is 8.78. The van der Waals surface area contributed by atoms with Crippen LogP contribution in [0, 0.1) is 5.92 Å². The largest absolute Gasteiger partial charge is 0.506 e. The number of amides is 2. The number of ether oxygens (including phenoxy) is 2. The SMILES string of the molecule is O=C(NC(c1ccccc1)c1cccc(OCc2ccc(C(=O)N(CCCNC[C@@H](O)c3ccc(O)c4[nH]c(=O)ccc34)Cc3ccc(C(F)(F)F)cc3)cc2)c1)O[C@H]1CN2CCC1CC2. The van der Waals surface area contributed by atoms with Crippen molar-refractivity contribution in [2.75, 3.05) is 39.3 Å². The molecule has 3 fully saturated rings. The molecule has 9 rings (SSSR count). The van der Waals surface area contributed by atoms with Gasteiger partial charge in [0, 0.05) is 43.2 Å². The molecule has 2 bridgehead atoms. The highest BCUT2D eigenvalue weighted by Gasteiger charge is 2.37. The van der Waals surface area contributed by atoms with Crippen LogP contribution in [0.1, 0.15) is 75.1 Å². The second-order valence-electron chi connectivity index (χ2n) is 16.9. The molecule has 0 saturated carbocycles. The predicted molar refractivity (Wildman–Crippen MR) is 243 cm³/mol. The maximum atomic E-state index is 14.0. The van der Waals surface area contributed by atoms with Crippen molar-refractivity contribution in [3.8, 4) is 11.5 Å². The number of aromatic nitrogens is 1. The van der Waals surface area contributed by atoms with Gasteiger partial charge in [0.05, 0.1) is 23.2 Å². The highest BCUT2D eigenvalue weighted by molar-refractivity contribution is 5.94. The number of rotatable bonds is 17. The average Bonchev–Trinajstić information content (AvgIpc) is 3.33. The Bertz CT molecular complexity index is 2650. The molecule has 0 radical (unpaired) electrons. The molecule has 2 amide bonds. The first-order valence-corrected chi connectivity index (χ1v) is 22.1. The van der Waals surface area contributed by atoms with Gasteiger partial charge >= 0.3 is 12.3 Å². The molecule has 15 heteroatoms. The number of alkyl carbamates (subject to hydrolysis) is 1. The Labute approximate surface area is 380 Å². The molecule has 5 aromatic carbocycles. The average molecular weight is 904 g/mol. The van der Waals surface area contributed by atoms with Crippen LogP contribution < -0.4 is 20.9 Å². The van der Waals surface area contributed by atoms with E-state index in [9.17, 15) is 37.8 Å². The molecule has 4 heterocycles. The minimum absolute atomic E-state index is 0.0642. The first-order valence-electron chi connectivity index (χ1n) is 22.1. The van der Waals surface area contributed by atoms with Gasteiger partial charge in [-0.25, -0.2) is 4.79 Å². The standard InChI is InChI=1S/C51H52F3N5O7/c52-51(53,54)39-16-12-33(13-17-39)30-59(25-5-24-55-29-44(61)41-18-20-43(60)48-42(41)19-21-46(62)56-48)49(63)37-14-10-34(11-15-37)32-65-40-9-4-8-38(28-40)47(36-6-2-1-3-7-36)57-50(64)66-45-31-58-26-22-35(45)23-27-58/h1-4,6-21,28,35,44-45,47,55,60-61H,5,22-27,29-32H2,(H,56,62)(H,57,64)/t44-,45+,47?/m1/s1. The van der Waals surface area contributed by atoms with Crippen molar-refractivity contribution in [2.45, 2.75) is 56.8 Å². The molecular formula is C51H52F3N5O7. The summed E-state index contributed by atoms with van der Waals surface area (Å²) in [6.07, 6.45) is -3.55.